The van der Waals surface area contributed by atoms with Crippen molar-refractivity contribution in [2.45, 2.75) is 38.7 Å². The first-order chi connectivity index (χ1) is 21.1. The van der Waals surface area contributed by atoms with Crippen molar-refractivity contribution in [3.05, 3.63) is 125 Å². The molecule has 44 heavy (non-hydrogen) atoms. The quantitative estimate of drug-likeness (QED) is 0.0897. The van der Waals surface area contributed by atoms with Gasteiger partial charge in [0.15, 0.2) is 23.3 Å². The lowest BCUT2D eigenvalue weighted by atomic mass is 9.99. The van der Waals surface area contributed by atoms with Crippen LogP contribution >= 0.6 is 0 Å². The summed E-state index contributed by atoms with van der Waals surface area (Å²) in [6.45, 7) is 2.11. The van der Waals surface area contributed by atoms with Gasteiger partial charge in [-0.3, -0.25) is 0 Å². The first-order valence-electron chi connectivity index (χ1n) is 13.8. The molecular weight excluding hydrogens is 585 g/mol. The molecule has 1 aromatic heterocycles. The van der Waals surface area contributed by atoms with Crippen molar-refractivity contribution < 1.29 is 35.5 Å². The largest absolute Gasteiger partial charge is 0.432 e. The zero-order valence-electron chi connectivity index (χ0n) is 23.4. The highest BCUT2D eigenvalue weighted by atomic mass is 19.3. The SMILES string of the molecule is CCCCCc1ccc(-c2cc(F)c(C(F)(F)Oc3ccc(-c4cnc(-c5cc(F)c(F)c(F)c5)nc4)cc3)c(F)c2)cc1. The van der Waals surface area contributed by atoms with Gasteiger partial charge in [0, 0.05) is 23.5 Å². The molecule has 0 aliphatic rings. The highest BCUT2D eigenvalue weighted by Gasteiger charge is 2.41. The predicted molar refractivity (Wildman–Crippen MR) is 152 cm³/mol. The third-order valence-corrected chi connectivity index (χ3v) is 7.02. The molecule has 0 aliphatic carbocycles. The molecule has 5 rings (SSSR count). The van der Waals surface area contributed by atoms with Crippen LogP contribution in [0.3, 0.4) is 0 Å². The molecule has 0 fully saturated rings. The van der Waals surface area contributed by atoms with Crippen LogP contribution in [0.5, 0.6) is 5.75 Å². The van der Waals surface area contributed by atoms with E-state index in [1.807, 2.05) is 12.1 Å². The standard InChI is InChI=1S/C34H25F7N2O/c1-2-3-4-5-20-6-8-21(9-7-20)23-14-27(35)31(28(36)15-23)34(40,41)44-26-12-10-22(11-13-26)25-18-42-33(43-19-25)24-16-29(37)32(39)30(38)17-24/h6-19H,2-5H2,1H3. The molecule has 1 heterocycles. The zero-order chi connectivity index (χ0) is 31.4. The summed E-state index contributed by atoms with van der Waals surface area (Å²) in [5.74, 6) is -7.73. The Labute approximate surface area is 249 Å². The monoisotopic (exact) mass is 610 g/mol. The molecular formula is C34H25F7N2O. The minimum Gasteiger partial charge on any atom is -0.429 e. The summed E-state index contributed by atoms with van der Waals surface area (Å²) < 4.78 is 105. The Hall–Kier alpha value is -4.73. The molecule has 3 nitrogen and oxygen atoms in total. The average molecular weight is 611 g/mol. The number of nitrogens with zero attached hydrogens (tertiary/aromatic N) is 2. The van der Waals surface area contributed by atoms with E-state index in [1.54, 1.807) is 12.1 Å². The fraction of sp³-hybridized carbons (Fsp3) is 0.176. The molecule has 0 atom stereocenters. The molecule has 0 bridgehead atoms. The average Bonchev–Trinajstić information content (AvgIpc) is 3.00. The maximum Gasteiger partial charge on any atom is 0.432 e. The van der Waals surface area contributed by atoms with E-state index in [4.69, 9.17) is 4.74 Å². The topological polar surface area (TPSA) is 35.0 Å². The van der Waals surface area contributed by atoms with Crippen molar-refractivity contribution in [2.24, 2.45) is 0 Å². The van der Waals surface area contributed by atoms with Crippen LogP contribution in [0.25, 0.3) is 33.6 Å². The van der Waals surface area contributed by atoms with Gasteiger partial charge in [0.05, 0.1) is 0 Å². The van der Waals surface area contributed by atoms with Crippen LogP contribution in [0.2, 0.25) is 0 Å². The van der Waals surface area contributed by atoms with E-state index in [0.717, 1.165) is 55.5 Å². The summed E-state index contributed by atoms with van der Waals surface area (Å²) in [4.78, 5) is 8.05. The first kappa shape index (κ1) is 30.7. The summed E-state index contributed by atoms with van der Waals surface area (Å²) >= 11 is 0. The number of unbranched alkanes of at least 4 members (excludes halogenated alkanes) is 2. The zero-order valence-corrected chi connectivity index (χ0v) is 23.4. The minimum atomic E-state index is -4.33. The van der Waals surface area contributed by atoms with Gasteiger partial charge in [0.25, 0.3) is 0 Å². The summed E-state index contributed by atoms with van der Waals surface area (Å²) in [6, 6.07) is 15.4. The van der Waals surface area contributed by atoms with Gasteiger partial charge in [0.1, 0.15) is 22.9 Å². The van der Waals surface area contributed by atoms with Crippen LogP contribution in [0.4, 0.5) is 30.7 Å². The van der Waals surface area contributed by atoms with Gasteiger partial charge in [-0.25, -0.2) is 31.9 Å². The lowest BCUT2D eigenvalue weighted by molar-refractivity contribution is -0.189. The number of benzene rings is 4. The summed E-state index contributed by atoms with van der Waals surface area (Å²) in [5, 5.41) is 0. The normalized spacial score (nSPS) is 11.5. The highest BCUT2D eigenvalue weighted by molar-refractivity contribution is 5.66. The molecule has 0 saturated carbocycles. The van der Waals surface area contributed by atoms with E-state index in [0.29, 0.717) is 16.7 Å². The van der Waals surface area contributed by atoms with E-state index in [2.05, 4.69) is 16.9 Å². The maximum absolute atomic E-state index is 15.0. The molecule has 10 heteroatoms. The van der Waals surface area contributed by atoms with Gasteiger partial charge in [0.2, 0.25) is 0 Å². The van der Waals surface area contributed by atoms with Crippen LogP contribution in [-0.4, -0.2) is 9.97 Å². The Morgan fingerprint density at radius 2 is 1.14 bits per heavy atom. The van der Waals surface area contributed by atoms with Gasteiger partial charge < -0.3 is 4.74 Å². The molecule has 0 N–H and O–H groups in total. The van der Waals surface area contributed by atoms with E-state index >= 15 is 8.78 Å². The lowest BCUT2D eigenvalue weighted by Gasteiger charge is -2.20. The minimum absolute atomic E-state index is 0.0689. The van der Waals surface area contributed by atoms with Crippen molar-refractivity contribution >= 4 is 0 Å². The Bertz CT molecular complexity index is 1710. The number of aromatic nitrogens is 2. The number of ether oxygens (including phenoxy) is 1. The summed E-state index contributed by atoms with van der Waals surface area (Å²) in [5.41, 5.74) is 0.961. The summed E-state index contributed by atoms with van der Waals surface area (Å²) in [6.07, 6.45) is 2.39. The number of halogens is 7. The molecule has 5 aromatic rings. The Morgan fingerprint density at radius 1 is 0.614 bits per heavy atom. The molecule has 0 saturated heterocycles. The fourth-order valence-corrected chi connectivity index (χ4v) is 4.69. The molecule has 0 aliphatic heterocycles. The Balaban J connectivity index is 1.29. The van der Waals surface area contributed by atoms with Gasteiger partial charge in [-0.2, -0.15) is 8.78 Å². The van der Waals surface area contributed by atoms with Crippen molar-refractivity contribution in [3.8, 4) is 39.4 Å². The van der Waals surface area contributed by atoms with Crippen LogP contribution < -0.4 is 4.74 Å². The molecule has 0 spiro atoms. The number of rotatable bonds is 10. The van der Waals surface area contributed by atoms with E-state index in [9.17, 15) is 22.0 Å². The smallest absolute Gasteiger partial charge is 0.429 e. The number of hydrogen-bond acceptors (Lipinski definition) is 3. The molecule has 4 aromatic carbocycles. The Kier molecular flexibility index (Phi) is 8.98. The number of aryl methyl sites for hydroxylation is 1. The highest BCUT2D eigenvalue weighted by Crippen LogP contribution is 2.37. The van der Waals surface area contributed by atoms with Crippen molar-refractivity contribution in [2.75, 3.05) is 0 Å². The summed E-state index contributed by atoms with van der Waals surface area (Å²) in [7, 11) is 0. The van der Waals surface area contributed by atoms with Crippen molar-refractivity contribution in [3.63, 3.8) is 0 Å². The third-order valence-electron chi connectivity index (χ3n) is 7.02. The second-order valence-corrected chi connectivity index (χ2v) is 10.2. The first-order valence-corrected chi connectivity index (χ1v) is 13.8. The van der Waals surface area contributed by atoms with Gasteiger partial charge in [-0.05, 0) is 71.5 Å². The van der Waals surface area contributed by atoms with Crippen LogP contribution in [-0.2, 0) is 12.5 Å². The number of alkyl halides is 2. The lowest BCUT2D eigenvalue weighted by Crippen LogP contribution is -2.25. The van der Waals surface area contributed by atoms with Crippen LogP contribution in [0.15, 0.2) is 85.2 Å². The van der Waals surface area contributed by atoms with Gasteiger partial charge >= 0.3 is 6.11 Å². The van der Waals surface area contributed by atoms with Crippen LogP contribution in [0.1, 0.15) is 37.3 Å². The fourth-order valence-electron chi connectivity index (χ4n) is 4.69. The second kappa shape index (κ2) is 12.9. The van der Waals surface area contributed by atoms with Gasteiger partial charge in [-0.15, -0.1) is 0 Å². The van der Waals surface area contributed by atoms with Gasteiger partial charge in [-0.1, -0.05) is 56.2 Å². The molecule has 0 unspecified atom stereocenters. The van der Waals surface area contributed by atoms with Crippen molar-refractivity contribution in [1.29, 1.82) is 0 Å². The van der Waals surface area contributed by atoms with Crippen LogP contribution in [0, 0.1) is 29.1 Å². The number of hydrogen-bond donors (Lipinski definition) is 0. The molecule has 0 amide bonds. The van der Waals surface area contributed by atoms with E-state index in [-0.39, 0.29) is 22.7 Å². The van der Waals surface area contributed by atoms with E-state index in [1.165, 1.54) is 36.7 Å². The molecule has 226 valence electrons. The Morgan fingerprint density at radius 3 is 1.70 bits per heavy atom. The maximum atomic E-state index is 15.0. The molecule has 0 radical (unpaired) electrons. The van der Waals surface area contributed by atoms with E-state index < -0.39 is 40.8 Å². The predicted octanol–water partition coefficient (Wildman–Crippen LogP) is 10.0. The second-order valence-electron chi connectivity index (χ2n) is 10.2. The third kappa shape index (κ3) is 6.74. The van der Waals surface area contributed by atoms with Crippen molar-refractivity contribution in [1.82, 2.24) is 9.97 Å².